The zero-order chi connectivity index (χ0) is 26.9. The maximum Gasteiger partial charge on any atom is 0.189 e. The van der Waals surface area contributed by atoms with Gasteiger partial charge in [-0.3, -0.25) is 9.56 Å². The summed E-state index contributed by atoms with van der Waals surface area (Å²) < 4.78 is 17.6. The first kappa shape index (κ1) is 26.3. The fourth-order valence-corrected chi connectivity index (χ4v) is 5.11. The Morgan fingerprint density at radius 1 is 1.11 bits per heavy atom. The average Bonchev–Trinajstić information content (AvgIpc) is 3.58. The van der Waals surface area contributed by atoms with Crippen molar-refractivity contribution in [2.24, 2.45) is 4.99 Å². The van der Waals surface area contributed by atoms with Crippen molar-refractivity contribution < 1.29 is 4.39 Å². The molecule has 0 saturated carbocycles. The number of alkyl halides is 1. The fourth-order valence-electron chi connectivity index (χ4n) is 5.11. The maximum absolute atomic E-state index is 14.1. The third-order valence-electron chi connectivity index (χ3n) is 6.93. The van der Waals surface area contributed by atoms with Crippen molar-refractivity contribution in [3.8, 4) is 16.8 Å². The Hall–Kier alpha value is -3.80. The van der Waals surface area contributed by atoms with Crippen LogP contribution in [0.15, 0.2) is 60.0 Å². The lowest BCUT2D eigenvalue weighted by molar-refractivity contribution is 0.241. The number of hydrogen-bond donors (Lipinski definition) is 0. The molecule has 37 heavy (non-hydrogen) atoms. The lowest BCUT2D eigenvalue weighted by Gasteiger charge is -2.10. The Bertz CT molecular complexity index is 1530. The number of fused-ring (bicyclic) bond motifs is 1. The number of aliphatic imine (C=N–C) groups is 1. The molecule has 0 bridgehead atoms. The van der Waals surface area contributed by atoms with Crippen LogP contribution < -0.4 is 0 Å². The SMILES string of the molecule is C=Cc1ccc(-c2cn(-c3cnn(C(C)F)c3C)c3ncc(C4=C(C)CN=C4C)cc23)c(CC)c1.CC. The van der Waals surface area contributed by atoms with Gasteiger partial charge in [-0.2, -0.15) is 5.10 Å². The molecule has 4 heterocycles. The van der Waals surface area contributed by atoms with Gasteiger partial charge in [0, 0.05) is 40.2 Å². The number of allylic oxidation sites excluding steroid dienone is 1. The number of aromatic nitrogens is 4. The Balaban J connectivity index is 0.00000156. The van der Waals surface area contributed by atoms with Crippen LogP contribution in [0.1, 0.15) is 70.2 Å². The van der Waals surface area contributed by atoms with Gasteiger partial charge in [0.15, 0.2) is 6.30 Å². The predicted molar refractivity (Wildman–Crippen MR) is 154 cm³/mol. The number of hydrogen-bond acceptors (Lipinski definition) is 3. The maximum atomic E-state index is 14.1. The van der Waals surface area contributed by atoms with E-state index in [1.165, 1.54) is 28.3 Å². The Morgan fingerprint density at radius 3 is 2.46 bits per heavy atom. The highest BCUT2D eigenvalue weighted by Gasteiger charge is 2.22. The van der Waals surface area contributed by atoms with E-state index in [2.05, 4.69) is 67.9 Å². The van der Waals surface area contributed by atoms with E-state index in [0.717, 1.165) is 63.3 Å². The van der Waals surface area contributed by atoms with Crippen LogP contribution >= 0.6 is 0 Å². The summed E-state index contributed by atoms with van der Waals surface area (Å²) in [4.78, 5) is 9.55. The van der Waals surface area contributed by atoms with Crippen molar-refractivity contribution in [1.82, 2.24) is 19.3 Å². The number of pyridine rings is 1. The van der Waals surface area contributed by atoms with Crippen LogP contribution in [-0.4, -0.2) is 31.6 Å². The molecule has 192 valence electrons. The molecule has 1 aromatic carbocycles. The molecular weight excluding hydrogens is 461 g/mol. The van der Waals surface area contributed by atoms with Crippen molar-refractivity contribution in [2.75, 3.05) is 6.54 Å². The molecule has 0 N–H and O–H groups in total. The van der Waals surface area contributed by atoms with Gasteiger partial charge in [0.25, 0.3) is 0 Å². The van der Waals surface area contributed by atoms with Crippen molar-refractivity contribution in [1.29, 1.82) is 0 Å². The van der Waals surface area contributed by atoms with Gasteiger partial charge in [0.2, 0.25) is 0 Å². The van der Waals surface area contributed by atoms with Crippen molar-refractivity contribution >= 4 is 28.4 Å². The first-order valence-corrected chi connectivity index (χ1v) is 13.0. The smallest absolute Gasteiger partial charge is 0.189 e. The first-order valence-electron chi connectivity index (χ1n) is 13.0. The van der Waals surface area contributed by atoms with Crippen molar-refractivity contribution in [2.45, 2.75) is 61.2 Å². The van der Waals surface area contributed by atoms with Crippen LogP contribution in [0.25, 0.3) is 39.5 Å². The van der Waals surface area contributed by atoms with E-state index in [1.807, 2.05) is 37.6 Å². The molecule has 0 saturated heterocycles. The topological polar surface area (TPSA) is 48.0 Å². The summed E-state index contributed by atoms with van der Waals surface area (Å²) in [5, 5.41) is 5.34. The van der Waals surface area contributed by atoms with E-state index in [-0.39, 0.29) is 0 Å². The second-order valence-corrected chi connectivity index (χ2v) is 9.17. The highest BCUT2D eigenvalue weighted by molar-refractivity contribution is 6.25. The summed E-state index contributed by atoms with van der Waals surface area (Å²) in [5.41, 5.74) is 11.5. The molecule has 1 atom stereocenters. The van der Waals surface area contributed by atoms with Crippen LogP contribution in [0, 0.1) is 6.92 Å². The van der Waals surface area contributed by atoms with Crippen LogP contribution in [0.5, 0.6) is 0 Å². The molecule has 6 heteroatoms. The molecule has 1 unspecified atom stereocenters. The van der Waals surface area contributed by atoms with E-state index in [9.17, 15) is 4.39 Å². The van der Waals surface area contributed by atoms with Gasteiger partial charge in [-0.25, -0.2) is 14.1 Å². The van der Waals surface area contributed by atoms with E-state index < -0.39 is 6.30 Å². The number of aryl methyl sites for hydroxylation is 1. The van der Waals surface area contributed by atoms with E-state index >= 15 is 0 Å². The normalized spacial score (nSPS) is 14.0. The first-order chi connectivity index (χ1) is 17.8. The minimum absolute atomic E-state index is 0.732. The lowest BCUT2D eigenvalue weighted by atomic mass is 9.94. The van der Waals surface area contributed by atoms with Crippen LogP contribution in [-0.2, 0) is 6.42 Å². The van der Waals surface area contributed by atoms with Gasteiger partial charge in [0.1, 0.15) is 5.65 Å². The van der Waals surface area contributed by atoms with Gasteiger partial charge in [-0.1, -0.05) is 51.6 Å². The fraction of sp³-hybridized carbons (Fsp3) is 0.323. The quantitative estimate of drug-likeness (QED) is 0.270. The van der Waals surface area contributed by atoms with E-state index in [1.54, 1.807) is 6.20 Å². The monoisotopic (exact) mass is 497 g/mol. The molecule has 4 aromatic rings. The van der Waals surface area contributed by atoms with Crippen molar-refractivity contribution in [3.05, 3.63) is 77.4 Å². The lowest BCUT2D eigenvalue weighted by Crippen LogP contribution is -2.04. The predicted octanol–water partition coefficient (Wildman–Crippen LogP) is 8.17. The minimum atomic E-state index is -1.21. The molecule has 5 nitrogen and oxygen atoms in total. The molecule has 0 spiro atoms. The number of rotatable bonds is 6. The zero-order valence-corrected chi connectivity index (χ0v) is 22.9. The van der Waals surface area contributed by atoms with Gasteiger partial charge in [0.05, 0.1) is 24.1 Å². The Labute approximate surface area is 219 Å². The van der Waals surface area contributed by atoms with Gasteiger partial charge >= 0.3 is 0 Å². The number of nitrogens with zero attached hydrogens (tertiary/aromatic N) is 5. The standard InChI is InChI=1S/C29H30FN5.C2H6/c1-7-21-9-10-24(22(8-2)11-21)26-16-34(27-15-33-35(19(27)5)20(6)30)29-25(26)12-23(14-32-29)28-17(3)13-31-18(28)4;1-2/h7,9-12,14-16,20H,1,8,13H2,2-6H3;1-2H3. The summed E-state index contributed by atoms with van der Waals surface area (Å²) >= 11 is 0. The van der Waals surface area contributed by atoms with E-state index in [0.29, 0.717) is 0 Å². The van der Waals surface area contributed by atoms with Crippen LogP contribution in [0.3, 0.4) is 0 Å². The molecule has 1 aliphatic heterocycles. The third kappa shape index (κ3) is 4.57. The second kappa shape index (κ2) is 10.7. The summed E-state index contributed by atoms with van der Waals surface area (Å²) in [6, 6.07) is 8.66. The molecule has 0 aliphatic carbocycles. The molecular formula is C31H36FN5. The van der Waals surface area contributed by atoms with Gasteiger partial charge in [-0.05, 0) is 62.4 Å². The third-order valence-corrected chi connectivity index (χ3v) is 6.93. The molecule has 5 rings (SSSR count). The molecule has 0 amide bonds. The minimum Gasteiger partial charge on any atom is -0.297 e. The largest absolute Gasteiger partial charge is 0.297 e. The summed E-state index contributed by atoms with van der Waals surface area (Å²) in [6.45, 7) is 18.4. The van der Waals surface area contributed by atoms with Crippen molar-refractivity contribution in [3.63, 3.8) is 0 Å². The molecule has 0 radical (unpaired) electrons. The molecule has 3 aromatic heterocycles. The van der Waals surface area contributed by atoms with E-state index in [4.69, 9.17) is 4.98 Å². The highest BCUT2D eigenvalue weighted by atomic mass is 19.1. The summed E-state index contributed by atoms with van der Waals surface area (Å²) in [7, 11) is 0. The Morgan fingerprint density at radius 2 is 1.86 bits per heavy atom. The van der Waals surface area contributed by atoms with Gasteiger partial charge in [-0.15, -0.1) is 0 Å². The van der Waals surface area contributed by atoms with Crippen LogP contribution in [0.4, 0.5) is 4.39 Å². The summed E-state index contributed by atoms with van der Waals surface area (Å²) in [5.74, 6) is 0. The Kier molecular flexibility index (Phi) is 7.58. The van der Waals surface area contributed by atoms with Gasteiger partial charge < -0.3 is 0 Å². The zero-order valence-electron chi connectivity index (χ0n) is 22.9. The highest BCUT2D eigenvalue weighted by Crippen LogP contribution is 2.37. The van der Waals surface area contributed by atoms with Crippen LogP contribution in [0.2, 0.25) is 0 Å². The molecule has 1 aliphatic rings. The average molecular weight is 498 g/mol. The number of halogens is 1. The molecule has 0 fully saturated rings. The second-order valence-electron chi connectivity index (χ2n) is 9.17. The summed E-state index contributed by atoms with van der Waals surface area (Å²) in [6.07, 6.45) is 7.30. The number of benzene rings is 1.